The van der Waals surface area contributed by atoms with Crippen LogP contribution in [-0.2, 0) is 9.53 Å². The molecule has 0 bridgehead atoms. The summed E-state index contributed by atoms with van der Waals surface area (Å²) in [4.78, 5) is 11.0. The van der Waals surface area contributed by atoms with Crippen molar-refractivity contribution in [2.75, 3.05) is 26.3 Å². The molecule has 0 fully saturated rings. The van der Waals surface area contributed by atoms with Gasteiger partial charge in [0.15, 0.2) is 0 Å². The molecule has 0 aliphatic rings. The number of hydrogen-bond acceptors (Lipinski definition) is 5. The van der Waals surface area contributed by atoms with Gasteiger partial charge in [-0.15, -0.1) is 0 Å². The first kappa shape index (κ1) is 15.9. The van der Waals surface area contributed by atoms with Crippen LogP contribution in [0.1, 0.15) is 6.92 Å². The summed E-state index contributed by atoms with van der Waals surface area (Å²) >= 11 is 3.33. The Morgan fingerprint density at radius 3 is 2.74 bits per heavy atom. The van der Waals surface area contributed by atoms with Gasteiger partial charge >= 0.3 is 5.97 Å². The Hall–Kier alpha value is -1.11. The maximum Gasteiger partial charge on any atom is 0.319 e. The van der Waals surface area contributed by atoms with E-state index in [0.29, 0.717) is 12.4 Å². The Morgan fingerprint density at radius 1 is 1.42 bits per heavy atom. The minimum absolute atomic E-state index is 0.0865. The molecule has 0 aliphatic heterocycles. The van der Waals surface area contributed by atoms with E-state index >= 15 is 0 Å². The highest BCUT2D eigenvalue weighted by Gasteiger charge is 2.07. The number of rotatable bonds is 8. The normalized spacial score (nSPS) is 11.9. The van der Waals surface area contributed by atoms with Gasteiger partial charge in [0.05, 0.1) is 13.2 Å². The van der Waals surface area contributed by atoms with Crippen LogP contribution < -0.4 is 10.1 Å². The van der Waals surface area contributed by atoms with E-state index in [9.17, 15) is 9.90 Å². The maximum atomic E-state index is 11.0. The SMILES string of the molecule is CCOC(=O)CNCC(O)COc1ccc(Br)cc1. The number of benzene rings is 1. The van der Waals surface area contributed by atoms with Crippen molar-refractivity contribution in [2.45, 2.75) is 13.0 Å². The predicted octanol–water partition coefficient (Wildman–Crippen LogP) is 1.34. The minimum Gasteiger partial charge on any atom is -0.491 e. The number of halogens is 1. The molecule has 2 N–H and O–H groups in total. The molecule has 5 nitrogen and oxygen atoms in total. The lowest BCUT2D eigenvalue weighted by Crippen LogP contribution is -2.35. The Balaban J connectivity index is 2.15. The third-order valence-electron chi connectivity index (χ3n) is 2.21. The van der Waals surface area contributed by atoms with Crippen molar-refractivity contribution in [3.8, 4) is 5.75 Å². The summed E-state index contributed by atoms with van der Waals surface area (Å²) in [5.74, 6) is 0.358. The second kappa shape index (κ2) is 8.90. The highest BCUT2D eigenvalue weighted by atomic mass is 79.9. The lowest BCUT2D eigenvalue weighted by Gasteiger charge is -2.13. The summed E-state index contributed by atoms with van der Waals surface area (Å²) in [6.07, 6.45) is -0.682. The van der Waals surface area contributed by atoms with Crippen LogP contribution in [0.5, 0.6) is 5.75 Å². The van der Waals surface area contributed by atoms with Crippen LogP contribution in [0.3, 0.4) is 0 Å². The Labute approximate surface area is 121 Å². The molecule has 106 valence electrons. The van der Waals surface area contributed by atoms with Gasteiger partial charge in [0.25, 0.3) is 0 Å². The van der Waals surface area contributed by atoms with Crippen molar-refractivity contribution in [2.24, 2.45) is 0 Å². The maximum absolute atomic E-state index is 11.0. The molecular weight excluding hydrogens is 314 g/mol. The van der Waals surface area contributed by atoms with E-state index in [-0.39, 0.29) is 25.7 Å². The lowest BCUT2D eigenvalue weighted by molar-refractivity contribution is -0.142. The van der Waals surface area contributed by atoms with E-state index in [0.717, 1.165) is 4.47 Å². The Morgan fingerprint density at radius 2 is 2.11 bits per heavy atom. The van der Waals surface area contributed by atoms with E-state index < -0.39 is 6.10 Å². The van der Waals surface area contributed by atoms with Gasteiger partial charge in [-0.3, -0.25) is 4.79 Å². The zero-order valence-electron chi connectivity index (χ0n) is 10.8. The van der Waals surface area contributed by atoms with Gasteiger partial charge in [-0.05, 0) is 31.2 Å². The number of esters is 1. The summed E-state index contributed by atoms with van der Waals surface area (Å²) in [6, 6.07) is 7.34. The van der Waals surface area contributed by atoms with Crippen LogP contribution in [0.15, 0.2) is 28.7 Å². The first-order chi connectivity index (χ1) is 9.11. The molecule has 0 spiro atoms. The van der Waals surface area contributed by atoms with Crippen LogP contribution >= 0.6 is 15.9 Å². The highest BCUT2D eigenvalue weighted by molar-refractivity contribution is 9.10. The fourth-order valence-corrected chi connectivity index (χ4v) is 1.60. The topological polar surface area (TPSA) is 67.8 Å². The molecule has 1 aromatic rings. The molecule has 1 atom stereocenters. The molecule has 6 heteroatoms. The quantitative estimate of drug-likeness (QED) is 0.703. The summed E-state index contributed by atoms with van der Waals surface area (Å²) < 4.78 is 11.1. The average molecular weight is 332 g/mol. The van der Waals surface area contributed by atoms with Gasteiger partial charge in [0.1, 0.15) is 18.5 Å². The van der Waals surface area contributed by atoms with Gasteiger partial charge in [-0.1, -0.05) is 15.9 Å². The summed E-state index contributed by atoms with van der Waals surface area (Å²) in [7, 11) is 0. The first-order valence-corrected chi connectivity index (χ1v) is 6.84. The van der Waals surface area contributed by atoms with Crippen LogP contribution in [0.25, 0.3) is 0 Å². The van der Waals surface area contributed by atoms with Crippen molar-refractivity contribution in [1.29, 1.82) is 0 Å². The van der Waals surface area contributed by atoms with Gasteiger partial charge < -0.3 is 19.9 Å². The summed E-state index contributed by atoms with van der Waals surface area (Å²) in [5.41, 5.74) is 0. The fraction of sp³-hybridized carbons (Fsp3) is 0.462. The van der Waals surface area contributed by atoms with Crippen molar-refractivity contribution in [3.05, 3.63) is 28.7 Å². The van der Waals surface area contributed by atoms with Gasteiger partial charge in [0.2, 0.25) is 0 Å². The Kier molecular flexibility index (Phi) is 7.47. The molecule has 1 unspecified atom stereocenters. The molecule has 19 heavy (non-hydrogen) atoms. The molecule has 0 amide bonds. The number of aliphatic hydroxyl groups is 1. The largest absolute Gasteiger partial charge is 0.491 e. The fourth-order valence-electron chi connectivity index (χ4n) is 1.34. The number of nitrogens with one attached hydrogen (secondary N) is 1. The van der Waals surface area contributed by atoms with E-state index in [1.54, 1.807) is 6.92 Å². The number of hydrogen-bond donors (Lipinski definition) is 2. The van der Waals surface area contributed by atoms with Crippen LogP contribution in [0, 0.1) is 0 Å². The molecule has 0 saturated carbocycles. The second-order valence-corrected chi connectivity index (χ2v) is 4.77. The number of aliphatic hydroxyl groups excluding tert-OH is 1. The summed E-state index contributed by atoms with van der Waals surface area (Å²) in [6.45, 7) is 2.63. The molecule has 0 saturated heterocycles. The van der Waals surface area contributed by atoms with Crippen LogP contribution in [0.2, 0.25) is 0 Å². The predicted molar refractivity (Wildman–Crippen MR) is 75.1 cm³/mol. The third kappa shape index (κ3) is 7.15. The van der Waals surface area contributed by atoms with Crippen molar-refractivity contribution >= 4 is 21.9 Å². The standard InChI is InChI=1S/C13H18BrNO4/c1-2-18-13(17)8-15-7-11(16)9-19-12-5-3-10(14)4-6-12/h3-6,11,15-16H,2,7-9H2,1H3. The van der Waals surface area contributed by atoms with E-state index in [1.807, 2.05) is 24.3 Å². The smallest absolute Gasteiger partial charge is 0.319 e. The molecule has 1 aromatic carbocycles. The van der Waals surface area contributed by atoms with Crippen molar-refractivity contribution < 1.29 is 19.4 Å². The zero-order valence-corrected chi connectivity index (χ0v) is 12.4. The van der Waals surface area contributed by atoms with E-state index in [1.165, 1.54) is 0 Å². The lowest BCUT2D eigenvalue weighted by atomic mass is 10.3. The second-order valence-electron chi connectivity index (χ2n) is 3.85. The molecule has 1 rings (SSSR count). The number of ether oxygens (including phenoxy) is 2. The molecule has 0 aromatic heterocycles. The third-order valence-corrected chi connectivity index (χ3v) is 2.74. The van der Waals surface area contributed by atoms with E-state index in [2.05, 4.69) is 21.2 Å². The Bertz CT molecular complexity index is 383. The zero-order chi connectivity index (χ0) is 14.1. The number of carbonyl (C=O) groups excluding carboxylic acids is 1. The molecular formula is C13H18BrNO4. The summed E-state index contributed by atoms with van der Waals surface area (Å²) in [5, 5.41) is 12.5. The van der Waals surface area contributed by atoms with Crippen molar-refractivity contribution in [3.63, 3.8) is 0 Å². The van der Waals surface area contributed by atoms with Crippen molar-refractivity contribution in [1.82, 2.24) is 5.32 Å². The van der Waals surface area contributed by atoms with Crippen LogP contribution in [-0.4, -0.2) is 43.5 Å². The van der Waals surface area contributed by atoms with E-state index in [4.69, 9.17) is 9.47 Å². The molecule has 0 radical (unpaired) electrons. The number of carbonyl (C=O) groups is 1. The van der Waals surface area contributed by atoms with Gasteiger partial charge in [-0.2, -0.15) is 0 Å². The van der Waals surface area contributed by atoms with Crippen LogP contribution in [0.4, 0.5) is 0 Å². The van der Waals surface area contributed by atoms with Gasteiger partial charge in [0, 0.05) is 11.0 Å². The highest BCUT2D eigenvalue weighted by Crippen LogP contribution is 2.16. The average Bonchev–Trinajstić information content (AvgIpc) is 2.38. The minimum atomic E-state index is -0.682. The first-order valence-electron chi connectivity index (χ1n) is 6.04. The molecule has 0 heterocycles. The monoisotopic (exact) mass is 331 g/mol. The molecule has 0 aliphatic carbocycles. The van der Waals surface area contributed by atoms with Gasteiger partial charge in [-0.25, -0.2) is 0 Å².